The fourth-order valence-corrected chi connectivity index (χ4v) is 5.17. The minimum absolute atomic E-state index is 0.222. The number of nitriles is 1. The van der Waals surface area contributed by atoms with Crippen LogP contribution in [0.25, 0.3) is 0 Å². The van der Waals surface area contributed by atoms with Crippen LogP contribution in [0.4, 0.5) is 0 Å². The second-order valence-electron chi connectivity index (χ2n) is 5.74. The van der Waals surface area contributed by atoms with Gasteiger partial charge in [-0.05, 0) is 41.8 Å². The first-order valence-electron chi connectivity index (χ1n) is 7.47. The summed E-state index contributed by atoms with van der Waals surface area (Å²) in [5.74, 6) is -0.755. The van der Waals surface area contributed by atoms with E-state index in [1.165, 1.54) is 17.7 Å². The molecule has 1 fully saturated rings. The zero-order chi connectivity index (χ0) is 16.6. The molecule has 0 saturated heterocycles. The molecule has 23 heavy (non-hydrogen) atoms. The lowest BCUT2D eigenvalue weighted by Crippen LogP contribution is -2.10. The van der Waals surface area contributed by atoms with Crippen molar-refractivity contribution < 1.29 is 8.42 Å². The summed E-state index contributed by atoms with van der Waals surface area (Å²) in [5, 5.41) is 9.14. The Labute approximate surface area is 141 Å². The Kier molecular flexibility index (Phi) is 4.18. The molecule has 1 aliphatic carbocycles. The predicted octanol–water partition coefficient (Wildman–Crippen LogP) is 3.98. The van der Waals surface area contributed by atoms with E-state index in [2.05, 4.69) is 13.0 Å². The predicted molar refractivity (Wildman–Crippen MR) is 90.1 cm³/mol. The second kappa shape index (κ2) is 5.99. The van der Waals surface area contributed by atoms with Gasteiger partial charge < -0.3 is 0 Å². The molecule has 0 aliphatic heterocycles. The summed E-state index contributed by atoms with van der Waals surface area (Å²) in [7, 11) is -3.54. The van der Waals surface area contributed by atoms with Gasteiger partial charge in [-0.1, -0.05) is 42.8 Å². The lowest BCUT2D eigenvalue weighted by atomic mass is 10.1. The first-order chi connectivity index (χ1) is 11.0. The Balaban J connectivity index is 1.92. The van der Waals surface area contributed by atoms with Crippen molar-refractivity contribution in [2.75, 3.05) is 0 Å². The fraction of sp³-hybridized carbons (Fsp3) is 0.278. The van der Waals surface area contributed by atoms with Crippen molar-refractivity contribution >= 4 is 21.4 Å². The topological polar surface area (TPSA) is 57.9 Å². The third kappa shape index (κ3) is 2.87. The first-order valence-corrected chi connectivity index (χ1v) is 9.39. The van der Waals surface area contributed by atoms with Crippen molar-refractivity contribution in [2.45, 2.75) is 29.4 Å². The molecule has 0 aromatic heterocycles. The molecule has 0 N–H and O–H groups in total. The molecule has 0 bridgehead atoms. The number of sulfone groups is 1. The molecular formula is C18H16ClNO2S. The van der Waals surface area contributed by atoms with E-state index >= 15 is 0 Å². The van der Waals surface area contributed by atoms with Crippen molar-refractivity contribution in [2.24, 2.45) is 5.92 Å². The number of benzene rings is 2. The van der Waals surface area contributed by atoms with Crippen LogP contribution in [0, 0.1) is 17.2 Å². The molecule has 1 aliphatic rings. The maximum atomic E-state index is 12.8. The lowest BCUT2D eigenvalue weighted by Gasteiger charge is -2.05. The van der Waals surface area contributed by atoms with Crippen LogP contribution in [-0.2, 0) is 16.3 Å². The molecule has 0 radical (unpaired) electrons. The van der Waals surface area contributed by atoms with Crippen LogP contribution in [-0.4, -0.2) is 13.7 Å². The normalized spacial score (nSPS) is 23.3. The summed E-state index contributed by atoms with van der Waals surface area (Å²) in [6.07, 6.45) is 0.930. The molecule has 0 unspecified atom stereocenters. The van der Waals surface area contributed by atoms with Gasteiger partial charge in [0.2, 0.25) is 0 Å². The Morgan fingerprint density at radius 2 is 1.70 bits per heavy atom. The number of rotatable bonds is 4. The molecule has 3 rings (SSSR count). The fourth-order valence-electron chi connectivity index (χ4n) is 2.98. The van der Waals surface area contributed by atoms with Gasteiger partial charge in [0.05, 0.1) is 22.1 Å². The van der Waals surface area contributed by atoms with Gasteiger partial charge in [-0.15, -0.1) is 0 Å². The van der Waals surface area contributed by atoms with Crippen LogP contribution < -0.4 is 0 Å². The van der Waals surface area contributed by atoms with Crippen molar-refractivity contribution in [3.8, 4) is 6.07 Å². The van der Waals surface area contributed by atoms with E-state index in [0.717, 1.165) is 12.0 Å². The van der Waals surface area contributed by atoms with Crippen molar-refractivity contribution in [3.63, 3.8) is 0 Å². The highest BCUT2D eigenvalue weighted by Gasteiger charge is 2.59. The second-order valence-corrected chi connectivity index (χ2v) is 8.28. The van der Waals surface area contributed by atoms with E-state index in [-0.39, 0.29) is 10.8 Å². The van der Waals surface area contributed by atoms with Crippen molar-refractivity contribution in [3.05, 3.63) is 64.7 Å². The highest BCUT2D eigenvalue weighted by molar-refractivity contribution is 7.92. The SMILES string of the molecule is CCc1ccc([C@H]2[C@@H](C#N)[C@@H]2S(=O)(=O)c2ccc(Cl)cc2)cc1. The van der Waals surface area contributed by atoms with Gasteiger partial charge in [-0.3, -0.25) is 0 Å². The number of hydrogen-bond acceptors (Lipinski definition) is 3. The molecule has 3 atom stereocenters. The first kappa shape index (κ1) is 16.0. The van der Waals surface area contributed by atoms with Gasteiger partial charge in [0.1, 0.15) is 0 Å². The Hall–Kier alpha value is -1.83. The molecule has 3 nitrogen and oxygen atoms in total. The summed E-state index contributed by atoms with van der Waals surface area (Å²) in [6, 6.07) is 16.1. The van der Waals surface area contributed by atoms with Gasteiger partial charge in [-0.25, -0.2) is 8.42 Å². The maximum absolute atomic E-state index is 12.8. The molecule has 5 heteroatoms. The number of nitrogens with zero attached hydrogens (tertiary/aromatic N) is 1. The van der Waals surface area contributed by atoms with Crippen molar-refractivity contribution in [1.29, 1.82) is 5.26 Å². The van der Waals surface area contributed by atoms with E-state index in [1.807, 2.05) is 24.3 Å². The van der Waals surface area contributed by atoms with E-state index in [1.54, 1.807) is 12.1 Å². The Morgan fingerprint density at radius 3 is 2.22 bits per heavy atom. The van der Waals surface area contributed by atoms with Gasteiger partial charge in [0, 0.05) is 10.9 Å². The van der Waals surface area contributed by atoms with E-state index in [9.17, 15) is 13.7 Å². The molecule has 1 saturated carbocycles. The molecular weight excluding hydrogens is 330 g/mol. The quantitative estimate of drug-likeness (QED) is 0.842. The summed E-state index contributed by atoms with van der Waals surface area (Å²) >= 11 is 5.82. The molecule has 0 amide bonds. The van der Waals surface area contributed by atoms with Crippen LogP contribution in [0.1, 0.15) is 24.0 Å². The zero-order valence-electron chi connectivity index (χ0n) is 12.6. The Morgan fingerprint density at radius 1 is 1.09 bits per heavy atom. The highest BCUT2D eigenvalue weighted by atomic mass is 35.5. The third-order valence-electron chi connectivity index (χ3n) is 4.38. The van der Waals surface area contributed by atoms with Crippen molar-refractivity contribution in [1.82, 2.24) is 0 Å². The van der Waals surface area contributed by atoms with Crippen LogP contribution in [0.2, 0.25) is 5.02 Å². The molecule has 0 heterocycles. The van der Waals surface area contributed by atoms with E-state index in [4.69, 9.17) is 11.6 Å². The van der Waals surface area contributed by atoms with Gasteiger partial charge >= 0.3 is 0 Å². The lowest BCUT2D eigenvalue weighted by molar-refractivity contribution is 0.593. The molecule has 118 valence electrons. The summed E-state index contributed by atoms with van der Waals surface area (Å²) < 4.78 is 25.6. The zero-order valence-corrected chi connectivity index (χ0v) is 14.2. The molecule has 0 spiro atoms. The summed E-state index contributed by atoms with van der Waals surface area (Å²) in [5.41, 5.74) is 2.11. The summed E-state index contributed by atoms with van der Waals surface area (Å²) in [4.78, 5) is 0.222. The van der Waals surface area contributed by atoms with Crippen LogP contribution in [0.5, 0.6) is 0 Å². The van der Waals surface area contributed by atoms with Crippen LogP contribution >= 0.6 is 11.6 Å². The van der Waals surface area contributed by atoms with Crippen LogP contribution in [0.3, 0.4) is 0 Å². The Bertz CT molecular complexity index is 851. The van der Waals surface area contributed by atoms with E-state index < -0.39 is 21.0 Å². The average molecular weight is 346 g/mol. The largest absolute Gasteiger partial charge is 0.223 e. The minimum atomic E-state index is -3.54. The minimum Gasteiger partial charge on any atom is -0.223 e. The monoisotopic (exact) mass is 345 g/mol. The van der Waals surface area contributed by atoms with Gasteiger partial charge in [-0.2, -0.15) is 5.26 Å². The van der Waals surface area contributed by atoms with Crippen LogP contribution in [0.15, 0.2) is 53.4 Å². The maximum Gasteiger partial charge on any atom is 0.183 e. The summed E-state index contributed by atoms with van der Waals surface area (Å²) in [6.45, 7) is 2.07. The van der Waals surface area contributed by atoms with Gasteiger partial charge in [0.25, 0.3) is 0 Å². The molecule has 2 aromatic rings. The number of hydrogen-bond donors (Lipinski definition) is 0. The highest BCUT2D eigenvalue weighted by Crippen LogP contribution is 2.53. The number of aryl methyl sites for hydroxylation is 1. The van der Waals surface area contributed by atoms with E-state index in [0.29, 0.717) is 5.02 Å². The average Bonchev–Trinajstić information content (AvgIpc) is 3.31. The third-order valence-corrected chi connectivity index (χ3v) is 6.86. The number of halogens is 1. The standard InChI is InChI=1S/C18H16ClNO2S/c1-2-12-3-5-13(6-4-12)17-16(11-20)18(17)23(21,22)15-9-7-14(19)8-10-15/h3-10,16-18H,2H2,1H3/t16-,17+,18+/m1/s1. The smallest absolute Gasteiger partial charge is 0.183 e. The molecule has 2 aromatic carbocycles. The van der Waals surface area contributed by atoms with Gasteiger partial charge in [0.15, 0.2) is 9.84 Å².